The van der Waals surface area contributed by atoms with Gasteiger partial charge in [0.15, 0.2) is 0 Å². The Morgan fingerprint density at radius 1 is 1.08 bits per heavy atom. The van der Waals surface area contributed by atoms with E-state index in [4.69, 9.17) is 4.74 Å². The number of carbonyl (C=O) groups excluding carboxylic acids is 1. The number of pyridine rings is 1. The molecular formula is C17H19N3O4S. The second-order valence-corrected chi connectivity index (χ2v) is 7.55. The van der Waals surface area contributed by atoms with Crippen molar-refractivity contribution in [3.8, 4) is 5.75 Å². The summed E-state index contributed by atoms with van der Waals surface area (Å²) < 4.78 is 31.9. The van der Waals surface area contributed by atoms with E-state index in [-0.39, 0.29) is 23.9 Å². The molecule has 0 aliphatic carbocycles. The molecule has 1 aromatic carbocycles. The Morgan fingerprint density at radius 3 is 2.32 bits per heavy atom. The van der Waals surface area contributed by atoms with Gasteiger partial charge < -0.3 is 9.64 Å². The smallest absolute Gasteiger partial charge is 0.255 e. The molecule has 0 radical (unpaired) electrons. The first kappa shape index (κ1) is 17.4. The van der Waals surface area contributed by atoms with E-state index >= 15 is 0 Å². The van der Waals surface area contributed by atoms with Gasteiger partial charge >= 0.3 is 0 Å². The lowest BCUT2D eigenvalue weighted by atomic mass is 10.2. The number of amides is 1. The van der Waals surface area contributed by atoms with Crippen molar-refractivity contribution in [2.75, 3.05) is 33.3 Å². The first-order valence-corrected chi connectivity index (χ1v) is 9.30. The fourth-order valence-electron chi connectivity index (χ4n) is 2.70. The molecule has 25 heavy (non-hydrogen) atoms. The van der Waals surface area contributed by atoms with Crippen molar-refractivity contribution >= 4 is 15.9 Å². The lowest BCUT2D eigenvalue weighted by molar-refractivity contribution is 0.0697. The molecule has 0 atom stereocenters. The number of benzene rings is 1. The van der Waals surface area contributed by atoms with Gasteiger partial charge in [-0.3, -0.25) is 9.78 Å². The van der Waals surface area contributed by atoms with Crippen LogP contribution in [0.15, 0.2) is 53.7 Å². The molecule has 0 N–H and O–H groups in total. The average molecular weight is 361 g/mol. The van der Waals surface area contributed by atoms with Crippen LogP contribution >= 0.6 is 0 Å². The molecule has 1 aromatic heterocycles. The first-order valence-electron chi connectivity index (χ1n) is 7.86. The van der Waals surface area contributed by atoms with Gasteiger partial charge in [0.05, 0.1) is 17.6 Å². The highest BCUT2D eigenvalue weighted by Crippen LogP contribution is 2.21. The van der Waals surface area contributed by atoms with Crippen LogP contribution in [0.25, 0.3) is 0 Å². The van der Waals surface area contributed by atoms with Crippen LogP contribution in [0, 0.1) is 0 Å². The fraction of sp³-hybridized carbons (Fsp3) is 0.294. The van der Waals surface area contributed by atoms with Gasteiger partial charge in [0.1, 0.15) is 5.75 Å². The summed E-state index contributed by atoms with van der Waals surface area (Å²) in [6.07, 6.45) is 3.12. The van der Waals surface area contributed by atoms with Gasteiger partial charge in [-0.1, -0.05) is 0 Å². The van der Waals surface area contributed by atoms with Gasteiger partial charge in [-0.15, -0.1) is 0 Å². The SMILES string of the molecule is COc1ccc(S(=O)(=O)N2CCN(C(=O)c3cccnc3)CC2)cc1. The van der Waals surface area contributed by atoms with Crippen LogP contribution in [0.4, 0.5) is 0 Å². The number of carbonyl (C=O) groups is 1. The second-order valence-electron chi connectivity index (χ2n) is 5.61. The second kappa shape index (κ2) is 7.20. The number of aromatic nitrogens is 1. The zero-order chi connectivity index (χ0) is 17.9. The number of nitrogens with zero attached hydrogens (tertiary/aromatic N) is 3. The highest BCUT2D eigenvalue weighted by Gasteiger charge is 2.30. The monoisotopic (exact) mass is 361 g/mol. The molecular weight excluding hydrogens is 342 g/mol. The number of methoxy groups -OCH3 is 1. The molecule has 0 unspecified atom stereocenters. The molecule has 1 saturated heterocycles. The first-order chi connectivity index (χ1) is 12.0. The van der Waals surface area contributed by atoms with E-state index in [1.165, 1.54) is 29.7 Å². The Bertz CT molecular complexity index is 830. The summed E-state index contributed by atoms with van der Waals surface area (Å²) in [5.41, 5.74) is 0.508. The molecule has 2 heterocycles. The Balaban J connectivity index is 1.67. The van der Waals surface area contributed by atoms with E-state index in [2.05, 4.69) is 4.98 Å². The maximum absolute atomic E-state index is 12.7. The fourth-order valence-corrected chi connectivity index (χ4v) is 4.12. The Labute approximate surface area is 146 Å². The van der Waals surface area contributed by atoms with Crippen LogP contribution in [0.1, 0.15) is 10.4 Å². The summed E-state index contributed by atoms with van der Waals surface area (Å²) >= 11 is 0. The largest absolute Gasteiger partial charge is 0.497 e. The minimum absolute atomic E-state index is 0.130. The van der Waals surface area contributed by atoms with Crippen molar-refractivity contribution in [1.29, 1.82) is 0 Å². The molecule has 2 aromatic rings. The van der Waals surface area contributed by atoms with Gasteiger partial charge in [-0.2, -0.15) is 4.31 Å². The average Bonchev–Trinajstić information content (AvgIpc) is 2.68. The predicted octanol–water partition coefficient (Wildman–Crippen LogP) is 1.24. The van der Waals surface area contributed by atoms with Crippen LogP contribution in [-0.4, -0.2) is 61.8 Å². The Kier molecular flexibility index (Phi) is 5.00. The number of rotatable bonds is 4. The summed E-state index contributed by atoms with van der Waals surface area (Å²) in [5, 5.41) is 0. The molecule has 132 valence electrons. The van der Waals surface area contributed by atoms with E-state index in [1.54, 1.807) is 35.4 Å². The highest BCUT2D eigenvalue weighted by atomic mass is 32.2. The summed E-state index contributed by atoms with van der Waals surface area (Å²) in [4.78, 5) is 18.2. The third-order valence-electron chi connectivity index (χ3n) is 4.13. The molecule has 7 nitrogen and oxygen atoms in total. The minimum atomic E-state index is -3.57. The van der Waals surface area contributed by atoms with Crippen molar-refractivity contribution < 1.29 is 17.9 Å². The van der Waals surface area contributed by atoms with Crippen LogP contribution in [0.2, 0.25) is 0 Å². The van der Waals surface area contributed by atoms with E-state index in [9.17, 15) is 13.2 Å². The van der Waals surface area contributed by atoms with Crippen LogP contribution in [-0.2, 0) is 10.0 Å². The third kappa shape index (κ3) is 3.64. The third-order valence-corrected chi connectivity index (χ3v) is 6.04. The number of sulfonamides is 1. The zero-order valence-corrected chi connectivity index (χ0v) is 14.6. The predicted molar refractivity (Wildman–Crippen MR) is 91.9 cm³/mol. The molecule has 1 amide bonds. The lowest BCUT2D eigenvalue weighted by Crippen LogP contribution is -2.50. The minimum Gasteiger partial charge on any atom is -0.497 e. The zero-order valence-electron chi connectivity index (χ0n) is 13.8. The number of ether oxygens (including phenoxy) is 1. The lowest BCUT2D eigenvalue weighted by Gasteiger charge is -2.34. The van der Waals surface area contributed by atoms with E-state index in [1.807, 2.05) is 0 Å². The van der Waals surface area contributed by atoms with Crippen molar-refractivity contribution in [3.05, 3.63) is 54.4 Å². The number of piperazine rings is 1. The van der Waals surface area contributed by atoms with Crippen LogP contribution in [0.5, 0.6) is 5.75 Å². The molecule has 3 rings (SSSR count). The molecule has 1 fully saturated rings. The van der Waals surface area contributed by atoms with Crippen molar-refractivity contribution in [1.82, 2.24) is 14.2 Å². The van der Waals surface area contributed by atoms with Gasteiger partial charge in [0, 0.05) is 38.6 Å². The Morgan fingerprint density at radius 2 is 1.76 bits per heavy atom. The van der Waals surface area contributed by atoms with Crippen molar-refractivity contribution in [2.45, 2.75) is 4.90 Å². The molecule has 1 aliphatic heterocycles. The molecule has 0 spiro atoms. The van der Waals surface area contributed by atoms with Gasteiger partial charge in [-0.05, 0) is 36.4 Å². The van der Waals surface area contributed by atoms with Gasteiger partial charge in [-0.25, -0.2) is 8.42 Å². The van der Waals surface area contributed by atoms with Crippen molar-refractivity contribution in [3.63, 3.8) is 0 Å². The molecule has 8 heteroatoms. The topological polar surface area (TPSA) is 79.8 Å². The summed E-state index contributed by atoms with van der Waals surface area (Å²) in [5.74, 6) is 0.473. The van der Waals surface area contributed by atoms with Gasteiger partial charge in [0.25, 0.3) is 5.91 Å². The summed E-state index contributed by atoms with van der Waals surface area (Å²) in [6.45, 7) is 1.23. The summed E-state index contributed by atoms with van der Waals surface area (Å²) in [7, 11) is -2.04. The maximum atomic E-state index is 12.7. The van der Waals surface area contributed by atoms with Crippen molar-refractivity contribution in [2.24, 2.45) is 0 Å². The van der Waals surface area contributed by atoms with E-state index in [0.29, 0.717) is 24.4 Å². The van der Waals surface area contributed by atoms with E-state index in [0.717, 1.165) is 0 Å². The van der Waals surface area contributed by atoms with Gasteiger partial charge in [0.2, 0.25) is 10.0 Å². The standard InChI is InChI=1S/C17H19N3O4S/c1-24-15-4-6-16(7-5-15)25(22,23)20-11-9-19(10-12-20)17(21)14-3-2-8-18-13-14/h2-8,13H,9-12H2,1H3. The number of hydrogen-bond donors (Lipinski definition) is 0. The van der Waals surface area contributed by atoms with Crippen LogP contribution in [0.3, 0.4) is 0 Å². The summed E-state index contributed by atoms with van der Waals surface area (Å²) in [6, 6.07) is 9.71. The molecule has 1 aliphatic rings. The van der Waals surface area contributed by atoms with Crippen LogP contribution < -0.4 is 4.74 Å². The normalized spacial score (nSPS) is 15.8. The number of hydrogen-bond acceptors (Lipinski definition) is 5. The molecule has 0 saturated carbocycles. The van der Waals surface area contributed by atoms with E-state index < -0.39 is 10.0 Å². The quantitative estimate of drug-likeness (QED) is 0.818. The molecule has 0 bridgehead atoms. The maximum Gasteiger partial charge on any atom is 0.255 e. The highest BCUT2D eigenvalue weighted by molar-refractivity contribution is 7.89. The Hall–Kier alpha value is -2.45.